The molecular weight excluding hydrogens is 405 g/mol. The van der Waals surface area contributed by atoms with Crippen molar-refractivity contribution in [2.45, 2.75) is 12.8 Å². The molecule has 0 saturated heterocycles. The van der Waals surface area contributed by atoms with Crippen LogP contribution in [-0.4, -0.2) is 24.9 Å². The van der Waals surface area contributed by atoms with Crippen LogP contribution in [0.3, 0.4) is 0 Å². The highest BCUT2D eigenvalue weighted by atomic mass is 19.1. The fourth-order valence-electron chi connectivity index (χ4n) is 3.61. The maximum absolute atomic E-state index is 14.7. The molecule has 0 aliphatic carbocycles. The van der Waals surface area contributed by atoms with Crippen LogP contribution in [0.25, 0.3) is 33.3 Å². The molecule has 5 rings (SSSR count). The minimum atomic E-state index is -0.679. The minimum Gasteiger partial charge on any atom is -0.382 e. The predicted octanol–water partition coefficient (Wildman–Crippen LogP) is 4.72. The quantitative estimate of drug-likeness (QED) is 0.441. The SMILES string of the molecule is C[C@H](c1nc(N)c2[nH]cnc2n1)c1cc2cccc(F)c2nc1-c1cc(F)ccc1F. The summed E-state index contributed by atoms with van der Waals surface area (Å²) in [5.41, 5.74) is 7.48. The zero-order valence-corrected chi connectivity index (χ0v) is 16.2. The number of aromatic nitrogens is 5. The number of nitrogen functional groups attached to an aromatic ring is 1. The van der Waals surface area contributed by atoms with E-state index in [4.69, 9.17) is 5.73 Å². The second-order valence-corrected chi connectivity index (χ2v) is 7.15. The first-order valence-electron chi connectivity index (χ1n) is 9.43. The molecule has 3 heterocycles. The van der Waals surface area contributed by atoms with Crippen LogP contribution in [0.5, 0.6) is 0 Å². The van der Waals surface area contributed by atoms with E-state index in [1.807, 2.05) is 0 Å². The Kier molecular flexibility index (Phi) is 4.32. The number of halogens is 3. The Morgan fingerprint density at radius 1 is 0.968 bits per heavy atom. The van der Waals surface area contributed by atoms with Gasteiger partial charge in [0.2, 0.25) is 0 Å². The van der Waals surface area contributed by atoms with Gasteiger partial charge < -0.3 is 10.7 Å². The maximum Gasteiger partial charge on any atom is 0.183 e. The number of benzene rings is 2. The van der Waals surface area contributed by atoms with E-state index in [-0.39, 0.29) is 22.6 Å². The summed E-state index contributed by atoms with van der Waals surface area (Å²) in [5.74, 6) is -1.87. The lowest BCUT2D eigenvalue weighted by atomic mass is 9.93. The van der Waals surface area contributed by atoms with Gasteiger partial charge in [0.05, 0.1) is 12.0 Å². The third-order valence-corrected chi connectivity index (χ3v) is 5.19. The normalized spacial score (nSPS) is 12.5. The lowest BCUT2D eigenvalue weighted by Crippen LogP contribution is -2.09. The van der Waals surface area contributed by atoms with Crippen LogP contribution in [-0.2, 0) is 0 Å². The van der Waals surface area contributed by atoms with Crippen LogP contribution in [0.1, 0.15) is 24.2 Å². The second kappa shape index (κ2) is 7.05. The summed E-state index contributed by atoms with van der Waals surface area (Å²) in [6, 6.07) is 9.26. The first kappa shape index (κ1) is 19.0. The van der Waals surface area contributed by atoms with Gasteiger partial charge in [0, 0.05) is 16.9 Å². The van der Waals surface area contributed by atoms with Crippen LogP contribution in [0.15, 0.2) is 48.8 Å². The molecule has 5 aromatic rings. The Balaban J connectivity index is 1.79. The molecule has 6 nitrogen and oxygen atoms in total. The molecule has 0 bridgehead atoms. The van der Waals surface area contributed by atoms with Gasteiger partial charge in [-0.2, -0.15) is 0 Å². The largest absolute Gasteiger partial charge is 0.382 e. The van der Waals surface area contributed by atoms with Crippen molar-refractivity contribution in [3.8, 4) is 11.3 Å². The maximum atomic E-state index is 14.7. The number of aromatic amines is 1. The molecule has 0 unspecified atom stereocenters. The Morgan fingerprint density at radius 3 is 2.65 bits per heavy atom. The van der Waals surface area contributed by atoms with Gasteiger partial charge in [-0.15, -0.1) is 0 Å². The summed E-state index contributed by atoms with van der Waals surface area (Å²) >= 11 is 0. The van der Waals surface area contributed by atoms with Crippen molar-refractivity contribution < 1.29 is 13.2 Å². The highest BCUT2D eigenvalue weighted by Gasteiger charge is 2.23. The number of pyridine rings is 1. The molecule has 0 aliphatic rings. The standard InChI is InChI=1S/C22H15F3N6/c1-10(21-30-20(26)19-22(31-21)28-9-27-19)13-7-11-3-2-4-16(25)17(11)29-18(13)14-8-12(23)5-6-15(14)24/h2-10H,1H3,(H3,26,27,28,30,31)/t10-/m0/s1. The van der Waals surface area contributed by atoms with Gasteiger partial charge in [-0.05, 0) is 35.9 Å². The van der Waals surface area contributed by atoms with Gasteiger partial charge >= 0.3 is 0 Å². The first-order valence-corrected chi connectivity index (χ1v) is 9.43. The Labute approximate surface area is 174 Å². The van der Waals surface area contributed by atoms with Gasteiger partial charge in [0.15, 0.2) is 11.5 Å². The number of nitrogens with one attached hydrogen (secondary N) is 1. The number of anilines is 1. The fraction of sp³-hybridized carbons (Fsp3) is 0.0909. The topological polar surface area (TPSA) is 93.4 Å². The van der Waals surface area contributed by atoms with E-state index in [0.29, 0.717) is 27.9 Å². The molecule has 31 heavy (non-hydrogen) atoms. The lowest BCUT2D eigenvalue weighted by molar-refractivity contribution is 0.602. The number of rotatable bonds is 3. The zero-order valence-electron chi connectivity index (χ0n) is 16.2. The van der Waals surface area contributed by atoms with E-state index in [0.717, 1.165) is 18.2 Å². The molecule has 0 amide bonds. The number of hydrogen-bond donors (Lipinski definition) is 2. The molecule has 1 atom stereocenters. The molecule has 3 N–H and O–H groups in total. The Hall–Kier alpha value is -4.01. The lowest BCUT2D eigenvalue weighted by Gasteiger charge is -2.17. The number of nitrogens with two attached hydrogens (primary N) is 1. The van der Waals surface area contributed by atoms with E-state index < -0.39 is 23.4 Å². The van der Waals surface area contributed by atoms with Crippen LogP contribution in [0, 0.1) is 17.5 Å². The summed E-state index contributed by atoms with van der Waals surface area (Å²) in [5, 5.41) is 0.510. The minimum absolute atomic E-state index is 0.0558. The number of imidazole rings is 1. The molecule has 0 radical (unpaired) electrons. The van der Waals surface area contributed by atoms with Crippen molar-refractivity contribution in [2.24, 2.45) is 0 Å². The summed E-state index contributed by atoms with van der Waals surface area (Å²) in [6.45, 7) is 1.79. The molecule has 0 fully saturated rings. The number of nitrogens with zero attached hydrogens (tertiary/aromatic N) is 4. The predicted molar refractivity (Wildman–Crippen MR) is 111 cm³/mol. The third kappa shape index (κ3) is 3.14. The summed E-state index contributed by atoms with van der Waals surface area (Å²) in [7, 11) is 0. The average molecular weight is 420 g/mol. The molecule has 0 spiro atoms. The molecule has 154 valence electrons. The summed E-state index contributed by atoms with van der Waals surface area (Å²) in [6.07, 6.45) is 1.46. The number of H-pyrrole nitrogens is 1. The first-order chi connectivity index (χ1) is 14.9. The van der Waals surface area contributed by atoms with Crippen molar-refractivity contribution in [1.29, 1.82) is 0 Å². The molecular formula is C22H15F3N6. The van der Waals surface area contributed by atoms with Crippen molar-refractivity contribution in [3.05, 3.63) is 77.6 Å². The van der Waals surface area contributed by atoms with Gasteiger partial charge in [0.1, 0.15) is 34.3 Å². The van der Waals surface area contributed by atoms with E-state index in [2.05, 4.69) is 24.9 Å². The fourth-order valence-corrected chi connectivity index (χ4v) is 3.61. The Morgan fingerprint density at radius 2 is 1.81 bits per heavy atom. The van der Waals surface area contributed by atoms with Gasteiger partial charge in [0.25, 0.3) is 0 Å². The third-order valence-electron chi connectivity index (χ3n) is 5.19. The molecule has 9 heteroatoms. The average Bonchev–Trinajstić information content (AvgIpc) is 3.24. The molecule has 0 saturated carbocycles. The number of para-hydroxylation sites is 1. The van der Waals surface area contributed by atoms with Gasteiger partial charge in [-0.1, -0.05) is 19.1 Å². The van der Waals surface area contributed by atoms with E-state index in [9.17, 15) is 13.2 Å². The Bertz CT molecular complexity index is 1460. The van der Waals surface area contributed by atoms with E-state index in [1.54, 1.807) is 25.1 Å². The van der Waals surface area contributed by atoms with Crippen molar-refractivity contribution in [2.75, 3.05) is 5.73 Å². The zero-order chi connectivity index (χ0) is 21.7. The summed E-state index contributed by atoms with van der Waals surface area (Å²) in [4.78, 5) is 20.2. The molecule has 0 aliphatic heterocycles. The summed E-state index contributed by atoms with van der Waals surface area (Å²) < 4.78 is 43.0. The molecule has 3 aromatic heterocycles. The van der Waals surface area contributed by atoms with Crippen molar-refractivity contribution in [1.82, 2.24) is 24.9 Å². The second-order valence-electron chi connectivity index (χ2n) is 7.15. The highest BCUT2D eigenvalue weighted by Crippen LogP contribution is 2.35. The van der Waals surface area contributed by atoms with Crippen LogP contribution in [0.2, 0.25) is 0 Å². The number of hydrogen-bond acceptors (Lipinski definition) is 5. The van der Waals surface area contributed by atoms with Crippen LogP contribution < -0.4 is 5.73 Å². The highest BCUT2D eigenvalue weighted by molar-refractivity contribution is 5.85. The van der Waals surface area contributed by atoms with Crippen LogP contribution >= 0.6 is 0 Å². The van der Waals surface area contributed by atoms with Crippen molar-refractivity contribution in [3.63, 3.8) is 0 Å². The molecule has 2 aromatic carbocycles. The van der Waals surface area contributed by atoms with Crippen molar-refractivity contribution >= 4 is 27.9 Å². The number of fused-ring (bicyclic) bond motifs is 2. The van der Waals surface area contributed by atoms with Crippen LogP contribution in [0.4, 0.5) is 19.0 Å². The van der Waals surface area contributed by atoms with E-state index >= 15 is 0 Å². The smallest absolute Gasteiger partial charge is 0.183 e. The van der Waals surface area contributed by atoms with E-state index in [1.165, 1.54) is 12.4 Å². The monoisotopic (exact) mass is 420 g/mol. The van der Waals surface area contributed by atoms with Gasteiger partial charge in [-0.3, -0.25) is 0 Å². The van der Waals surface area contributed by atoms with Gasteiger partial charge in [-0.25, -0.2) is 33.1 Å².